The zero-order valence-corrected chi connectivity index (χ0v) is 8.72. The summed E-state index contributed by atoms with van der Waals surface area (Å²) in [7, 11) is 0. The Hall–Kier alpha value is -1.89. The Morgan fingerprint density at radius 3 is 2.47 bits per heavy atom. The van der Waals surface area contributed by atoms with Crippen molar-refractivity contribution >= 4 is 12.2 Å². The highest BCUT2D eigenvalue weighted by Gasteiger charge is 1.92. The van der Waals surface area contributed by atoms with Gasteiger partial charge in [0.05, 0.1) is 5.69 Å². The standard InChI is InChI=1S/C14H13N/c1-12-6-5-11-15-14(12)10-9-13-7-3-2-4-8-13/h2-11H,1H3. The fourth-order valence-corrected chi connectivity index (χ4v) is 1.41. The molecule has 0 aliphatic carbocycles. The summed E-state index contributed by atoms with van der Waals surface area (Å²) in [6, 6.07) is 14.3. The van der Waals surface area contributed by atoms with Gasteiger partial charge in [-0.25, -0.2) is 0 Å². The highest BCUT2D eigenvalue weighted by atomic mass is 14.7. The van der Waals surface area contributed by atoms with Gasteiger partial charge in [0.25, 0.3) is 0 Å². The van der Waals surface area contributed by atoms with Gasteiger partial charge in [0.15, 0.2) is 0 Å². The van der Waals surface area contributed by atoms with Gasteiger partial charge in [0.2, 0.25) is 0 Å². The Labute approximate surface area is 90.1 Å². The third kappa shape index (κ3) is 2.53. The topological polar surface area (TPSA) is 12.9 Å². The zero-order valence-electron chi connectivity index (χ0n) is 8.72. The van der Waals surface area contributed by atoms with Crippen molar-refractivity contribution in [3.63, 3.8) is 0 Å². The lowest BCUT2D eigenvalue weighted by molar-refractivity contribution is 1.24. The van der Waals surface area contributed by atoms with E-state index in [0.29, 0.717) is 0 Å². The first-order valence-electron chi connectivity index (χ1n) is 5.01. The van der Waals surface area contributed by atoms with Crippen molar-refractivity contribution in [3.8, 4) is 0 Å². The zero-order chi connectivity index (χ0) is 10.5. The van der Waals surface area contributed by atoms with Gasteiger partial charge in [-0.1, -0.05) is 42.5 Å². The fourth-order valence-electron chi connectivity index (χ4n) is 1.41. The maximum Gasteiger partial charge on any atom is 0.0658 e. The van der Waals surface area contributed by atoms with E-state index in [1.165, 1.54) is 11.1 Å². The van der Waals surface area contributed by atoms with Gasteiger partial charge >= 0.3 is 0 Å². The highest BCUT2D eigenvalue weighted by molar-refractivity contribution is 5.69. The molecule has 0 bridgehead atoms. The fraction of sp³-hybridized carbons (Fsp3) is 0.0714. The molecule has 1 heteroatoms. The van der Waals surface area contributed by atoms with Crippen LogP contribution in [-0.2, 0) is 0 Å². The minimum Gasteiger partial charge on any atom is -0.257 e. The summed E-state index contributed by atoms with van der Waals surface area (Å²) in [5, 5.41) is 0. The van der Waals surface area contributed by atoms with Crippen LogP contribution in [0.4, 0.5) is 0 Å². The van der Waals surface area contributed by atoms with E-state index >= 15 is 0 Å². The minimum atomic E-state index is 1.03. The first-order valence-corrected chi connectivity index (χ1v) is 5.01. The third-order valence-corrected chi connectivity index (χ3v) is 2.28. The van der Waals surface area contributed by atoms with Crippen LogP contribution in [0, 0.1) is 6.92 Å². The molecule has 0 radical (unpaired) electrons. The molecule has 0 amide bonds. The molecular formula is C14H13N. The molecule has 2 aromatic rings. The molecule has 0 spiro atoms. The molecule has 2 rings (SSSR count). The molecule has 1 aromatic heterocycles. The van der Waals surface area contributed by atoms with Crippen LogP contribution < -0.4 is 0 Å². The lowest BCUT2D eigenvalue weighted by atomic mass is 10.1. The van der Waals surface area contributed by atoms with E-state index in [-0.39, 0.29) is 0 Å². The van der Waals surface area contributed by atoms with Crippen LogP contribution >= 0.6 is 0 Å². The maximum absolute atomic E-state index is 4.31. The second-order valence-corrected chi connectivity index (χ2v) is 3.45. The number of benzene rings is 1. The van der Waals surface area contributed by atoms with Gasteiger partial charge in [-0.2, -0.15) is 0 Å². The van der Waals surface area contributed by atoms with Crippen molar-refractivity contribution in [2.75, 3.05) is 0 Å². The molecule has 0 aliphatic rings. The largest absolute Gasteiger partial charge is 0.257 e. The number of aryl methyl sites for hydroxylation is 1. The van der Waals surface area contributed by atoms with E-state index in [2.05, 4.69) is 36.2 Å². The summed E-state index contributed by atoms with van der Waals surface area (Å²) in [6.45, 7) is 2.07. The van der Waals surface area contributed by atoms with Crippen LogP contribution in [-0.4, -0.2) is 4.98 Å². The van der Waals surface area contributed by atoms with Crippen LogP contribution in [0.15, 0.2) is 48.7 Å². The monoisotopic (exact) mass is 195 g/mol. The molecule has 15 heavy (non-hydrogen) atoms. The molecule has 1 aromatic carbocycles. The van der Waals surface area contributed by atoms with Crippen molar-refractivity contribution < 1.29 is 0 Å². The van der Waals surface area contributed by atoms with E-state index in [1.807, 2.05) is 36.5 Å². The van der Waals surface area contributed by atoms with Crippen molar-refractivity contribution in [1.82, 2.24) is 4.98 Å². The predicted molar refractivity (Wildman–Crippen MR) is 64.3 cm³/mol. The molecule has 0 saturated heterocycles. The molecule has 0 saturated carbocycles. The first-order chi connectivity index (χ1) is 7.36. The number of pyridine rings is 1. The Morgan fingerprint density at radius 2 is 1.73 bits per heavy atom. The normalized spacial score (nSPS) is 10.7. The van der Waals surface area contributed by atoms with Crippen molar-refractivity contribution in [3.05, 3.63) is 65.5 Å². The molecule has 0 atom stereocenters. The lowest BCUT2D eigenvalue weighted by Crippen LogP contribution is -1.83. The highest BCUT2D eigenvalue weighted by Crippen LogP contribution is 2.09. The number of aromatic nitrogens is 1. The molecule has 0 fully saturated rings. The summed E-state index contributed by atoms with van der Waals surface area (Å²) in [4.78, 5) is 4.31. The summed E-state index contributed by atoms with van der Waals surface area (Å²) in [6.07, 6.45) is 5.94. The molecule has 0 unspecified atom stereocenters. The van der Waals surface area contributed by atoms with Gasteiger partial charge < -0.3 is 0 Å². The SMILES string of the molecule is Cc1cccnc1C=Cc1ccccc1. The average molecular weight is 195 g/mol. The lowest BCUT2D eigenvalue weighted by Gasteiger charge is -1.97. The van der Waals surface area contributed by atoms with Crippen LogP contribution in [0.2, 0.25) is 0 Å². The Morgan fingerprint density at radius 1 is 0.933 bits per heavy atom. The van der Waals surface area contributed by atoms with Crippen molar-refractivity contribution in [2.45, 2.75) is 6.92 Å². The van der Waals surface area contributed by atoms with Crippen molar-refractivity contribution in [1.29, 1.82) is 0 Å². The first kappa shape index (κ1) is 9.66. The van der Waals surface area contributed by atoms with E-state index in [4.69, 9.17) is 0 Å². The molecular weight excluding hydrogens is 182 g/mol. The van der Waals surface area contributed by atoms with Crippen LogP contribution in [0.1, 0.15) is 16.8 Å². The third-order valence-electron chi connectivity index (χ3n) is 2.28. The van der Waals surface area contributed by atoms with Gasteiger partial charge in [-0.3, -0.25) is 4.98 Å². The van der Waals surface area contributed by atoms with Gasteiger partial charge in [0.1, 0.15) is 0 Å². The number of hydrogen-bond acceptors (Lipinski definition) is 1. The van der Waals surface area contributed by atoms with E-state index in [0.717, 1.165) is 5.69 Å². The van der Waals surface area contributed by atoms with E-state index < -0.39 is 0 Å². The van der Waals surface area contributed by atoms with Crippen LogP contribution in [0.5, 0.6) is 0 Å². The second-order valence-electron chi connectivity index (χ2n) is 3.45. The maximum atomic E-state index is 4.31. The van der Waals surface area contributed by atoms with Gasteiger partial charge in [-0.05, 0) is 30.2 Å². The minimum absolute atomic E-state index is 1.03. The Bertz CT molecular complexity index is 458. The summed E-state index contributed by atoms with van der Waals surface area (Å²) >= 11 is 0. The van der Waals surface area contributed by atoms with Crippen LogP contribution in [0.3, 0.4) is 0 Å². The molecule has 74 valence electrons. The average Bonchev–Trinajstić information content (AvgIpc) is 2.29. The van der Waals surface area contributed by atoms with Gasteiger partial charge in [-0.15, -0.1) is 0 Å². The smallest absolute Gasteiger partial charge is 0.0658 e. The van der Waals surface area contributed by atoms with Crippen molar-refractivity contribution in [2.24, 2.45) is 0 Å². The molecule has 1 heterocycles. The Balaban J connectivity index is 2.23. The Kier molecular flexibility index (Phi) is 2.93. The van der Waals surface area contributed by atoms with Gasteiger partial charge in [0, 0.05) is 6.20 Å². The second kappa shape index (κ2) is 4.56. The predicted octanol–water partition coefficient (Wildman–Crippen LogP) is 3.56. The number of rotatable bonds is 2. The molecule has 0 N–H and O–H groups in total. The van der Waals surface area contributed by atoms with E-state index in [9.17, 15) is 0 Å². The summed E-state index contributed by atoms with van der Waals surface area (Å²) in [5.74, 6) is 0. The summed E-state index contributed by atoms with van der Waals surface area (Å²) < 4.78 is 0. The molecule has 1 nitrogen and oxygen atoms in total. The number of nitrogens with zero attached hydrogens (tertiary/aromatic N) is 1. The molecule has 0 aliphatic heterocycles. The summed E-state index contributed by atoms with van der Waals surface area (Å²) in [5.41, 5.74) is 3.42. The quantitative estimate of drug-likeness (QED) is 0.714. The van der Waals surface area contributed by atoms with Crippen LogP contribution in [0.25, 0.3) is 12.2 Å². The number of hydrogen-bond donors (Lipinski definition) is 0. The van der Waals surface area contributed by atoms with E-state index in [1.54, 1.807) is 0 Å².